The molecule has 1 atom stereocenters. The van der Waals surface area contributed by atoms with Crippen LogP contribution in [0.3, 0.4) is 0 Å². The summed E-state index contributed by atoms with van der Waals surface area (Å²) in [7, 11) is 1.76. The summed E-state index contributed by atoms with van der Waals surface area (Å²) in [5.74, 6) is 0.571. The molecule has 0 fully saturated rings. The van der Waals surface area contributed by atoms with Gasteiger partial charge in [0.25, 0.3) is 0 Å². The molecule has 0 radical (unpaired) electrons. The van der Waals surface area contributed by atoms with E-state index in [1.54, 1.807) is 13.1 Å². The highest BCUT2D eigenvalue weighted by Gasteiger charge is 2.03. The van der Waals surface area contributed by atoms with Gasteiger partial charge in [0.2, 0.25) is 0 Å². The van der Waals surface area contributed by atoms with Crippen molar-refractivity contribution in [3.63, 3.8) is 0 Å². The highest BCUT2D eigenvalue weighted by molar-refractivity contribution is 14.0. The lowest BCUT2D eigenvalue weighted by Crippen LogP contribution is -2.42. The Morgan fingerprint density at radius 3 is 2.70 bits per heavy atom. The second kappa shape index (κ2) is 10.4. The van der Waals surface area contributed by atoms with E-state index in [-0.39, 0.29) is 29.8 Å². The van der Waals surface area contributed by atoms with Crippen LogP contribution in [0.1, 0.15) is 25.8 Å². The molecule has 0 saturated carbocycles. The van der Waals surface area contributed by atoms with Gasteiger partial charge in [0.1, 0.15) is 5.82 Å². The Balaban J connectivity index is 0.00000361. The summed E-state index contributed by atoms with van der Waals surface area (Å²) in [4.78, 5) is 4.16. The van der Waals surface area contributed by atoms with E-state index in [0.29, 0.717) is 10.5 Å². The molecular weight excluding hydrogens is 436 g/mol. The molecule has 1 aromatic rings. The molecule has 20 heavy (non-hydrogen) atoms. The maximum atomic E-state index is 13.1. The first kappa shape index (κ1) is 19.6. The average molecular weight is 458 g/mol. The SMILES string of the molecule is CCC(C)NC(=NC)NCCc1ccc(F)c(Br)c1.I. The Morgan fingerprint density at radius 2 is 2.15 bits per heavy atom. The van der Waals surface area contributed by atoms with E-state index in [9.17, 15) is 4.39 Å². The lowest BCUT2D eigenvalue weighted by Gasteiger charge is -2.16. The van der Waals surface area contributed by atoms with Crippen LogP contribution in [0.4, 0.5) is 4.39 Å². The molecule has 2 N–H and O–H groups in total. The molecule has 1 unspecified atom stereocenters. The summed E-state index contributed by atoms with van der Waals surface area (Å²) >= 11 is 3.19. The Hall–Kier alpha value is -0.370. The van der Waals surface area contributed by atoms with Gasteiger partial charge in [-0.15, -0.1) is 24.0 Å². The Bertz CT molecular complexity index is 440. The smallest absolute Gasteiger partial charge is 0.191 e. The number of guanidine groups is 1. The van der Waals surface area contributed by atoms with Gasteiger partial charge in [-0.3, -0.25) is 4.99 Å². The number of benzene rings is 1. The van der Waals surface area contributed by atoms with Crippen molar-refractivity contribution in [3.05, 3.63) is 34.1 Å². The topological polar surface area (TPSA) is 36.4 Å². The van der Waals surface area contributed by atoms with Gasteiger partial charge in [-0.05, 0) is 53.4 Å². The number of nitrogens with zero attached hydrogens (tertiary/aromatic N) is 1. The second-order valence-corrected chi connectivity index (χ2v) is 5.31. The molecule has 6 heteroatoms. The molecule has 0 amide bonds. The fourth-order valence-electron chi connectivity index (χ4n) is 1.55. The third-order valence-corrected chi connectivity index (χ3v) is 3.52. The number of nitrogens with one attached hydrogen (secondary N) is 2. The van der Waals surface area contributed by atoms with Gasteiger partial charge in [0.15, 0.2) is 5.96 Å². The quantitative estimate of drug-likeness (QED) is 0.401. The molecule has 0 aliphatic carbocycles. The van der Waals surface area contributed by atoms with Crippen LogP contribution in [0.2, 0.25) is 0 Å². The van der Waals surface area contributed by atoms with Crippen LogP contribution < -0.4 is 10.6 Å². The van der Waals surface area contributed by atoms with Crippen LogP contribution in [0.25, 0.3) is 0 Å². The van der Waals surface area contributed by atoms with Crippen molar-refractivity contribution in [2.75, 3.05) is 13.6 Å². The molecule has 3 nitrogen and oxygen atoms in total. The second-order valence-electron chi connectivity index (χ2n) is 4.45. The van der Waals surface area contributed by atoms with Crippen molar-refractivity contribution in [1.82, 2.24) is 10.6 Å². The van der Waals surface area contributed by atoms with Crippen LogP contribution in [0.15, 0.2) is 27.7 Å². The maximum Gasteiger partial charge on any atom is 0.191 e. The van der Waals surface area contributed by atoms with Crippen molar-refractivity contribution < 1.29 is 4.39 Å². The minimum absolute atomic E-state index is 0. The number of hydrogen-bond donors (Lipinski definition) is 2. The first-order chi connectivity index (χ1) is 9.06. The minimum atomic E-state index is -0.231. The summed E-state index contributed by atoms with van der Waals surface area (Å²) < 4.78 is 13.6. The van der Waals surface area contributed by atoms with Gasteiger partial charge < -0.3 is 10.6 Å². The number of rotatable bonds is 5. The van der Waals surface area contributed by atoms with Gasteiger partial charge >= 0.3 is 0 Å². The van der Waals surface area contributed by atoms with Crippen molar-refractivity contribution in [3.8, 4) is 0 Å². The average Bonchev–Trinajstić information content (AvgIpc) is 2.41. The number of halogens is 3. The zero-order valence-electron chi connectivity index (χ0n) is 12.0. The van der Waals surface area contributed by atoms with E-state index in [0.717, 1.165) is 30.9 Å². The maximum absolute atomic E-state index is 13.1. The normalized spacial score (nSPS) is 12.6. The molecule has 0 aliphatic heterocycles. The summed E-state index contributed by atoms with van der Waals surface area (Å²) in [5, 5.41) is 6.54. The monoisotopic (exact) mass is 457 g/mol. The van der Waals surface area contributed by atoms with Crippen LogP contribution >= 0.6 is 39.9 Å². The molecule has 1 rings (SSSR count). The summed E-state index contributed by atoms with van der Waals surface area (Å²) in [6.45, 7) is 5.00. The predicted molar refractivity (Wildman–Crippen MR) is 97.5 cm³/mol. The van der Waals surface area contributed by atoms with E-state index in [1.165, 1.54) is 6.07 Å². The molecular formula is C14H22BrFIN3. The molecule has 0 bridgehead atoms. The largest absolute Gasteiger partial charge is 0.356 e. The van der Waals surface area contributed by atoms with Crippen molar-refractivity contribution >= 4 is 45.9 Å². The number of hydrogen-bond acceptors (Lipinski definition) is 1. The highest BCUT2D eigenvalue weighted by Crippen LogP contribution is 2.16. The van der Waals surface area contributed by atoms with Crippen LogP contribution in [0.5, 0.6) is 0 Å². The van der Waals surface area contributed by atoms with E-state index < -0.39 is 0 Å². The van der Waals surface area contributed by atoms with E-state index in [2.05, 4.69) is 45.4 Å². The molecule has 0 heterocycles. The van der Waals surface area contributed by atoms with E-state index in [1.807, 2.05) is 6.07 Å². The fraction of sp³-hybridized carbons (Fsp3) is 0.500. The van der Waals surface area contributed by atoms with Gasteiger partial charge in [0, 0.05) is 19.6 Å². The van der Waals surface area contributed by atoms with Crippen LogP contribution in [-0.4, -0.2) is 25.6 Å². The summed E-state index contributed by atoms with van der Waals surface area (Å²) in [6.07, 6.45) is 1.87. The van der Waals surface area contributed by atoms with E-state index >= 15 is 0 Å². The summed E-state index contributed by atoms with van der Waals surface area (Å²) in [6, 6.07) is 5.48. The zero-order valence-corrected chi connectivity index (χ0v) is 16.0. The first-order valence-corrected chi connectivity index (χ1v) is 7.27. The van der Waals surface area contributed by atoms with Crippen molar-refractivity contribution in [2.45, 2.75) is 32.7 Å². The first-order valence-electron chi connectivity index (χ1n) is 6.48. The molecule has 0 saturated heterocycles. The standard InChI is InChI=1S/C14H21BrFN3.HI/c1-4-10(2)19-14(17-3)18-8-7-11-5-6-13(16)12(15)9-11;/h5-6,9-10H,4,7-8H2,1-3H3,(H2,17,18,19);1H. The van der Waals surface area contributed by atoms with Crippen molar-refractivity contribution in [1.29, 1.82) is 0 Å². The lowest BCUT2D eigenvalue weighted by molar-refractivity contribution is 0.618. The number of aliphatic imine (C=N–C) groups is 1. The van der Waals surface area contributed by atoms with Gasteiger partial charge in [0.05, 0.1) is 4.47 Å². The third kappa shape index (κ3) is 6.88. The van der Waals surface area contributed by atoms with Crippen LogP contribution in [0, 0.1) is 5.82 Å². The van der Waals surface area contributed by atoms with Crippen molar-refractivity contribution in [2.24, 2.45) is 4.99 Å². The molecule has 0 spiro atoms. The molecule has 0 aliphatic rings. The Kier molecular flexibility index (Phi) is 10.2. The van der Waals surface area contributed by atoms with Crippen LogP contribution in [-0.2, 0) is 6.42 Å². The predicted octanol–water partition coefficient (Wildman–Crippen LogP) is 3.71. The molecule has 1 aromatic carbocycles. The summed E-state index contributed by atoms with van der Waals surface area (Å²) in [5.41, 5.74) is 1.08. The van der Waals surface area contributed by atoms with Gasteiger partial charge in [-0.25, -0.2) is 4.39 Å². The Morgan fingerprint density at radius 1 is 1.45 bits per heavy atom. The fourth-order valence-corrected chi connectivity index (χ4v) is 1.98. The highest BCUT2D eigenvalue weighted by atomic mass is 127. The lowest BCUT2D eigenvalue weighted by atomic mass is 10.1. The third-order valence-electron chi connectivity index (χ3n) is 2.91. The van der Waals surface area contributed by atoms with Gasteiger partial charge in [-0.1, -0.05) is 13.0 Å². The molecule has 114 valence electrons. The zero-order chi connectivity index (χ0) is 14.3. The minimum Gasteiger partial charge on any atom is -0.356 e. The Labute approximate surface area is 146 Å². The van der Waals surface area contributed by atoms with Gasteiger partial charge in [-0.2, -0.15) is 0 Å². The molecule has 0 aromatic heterocycles. The van der Waals surface area contributed by atoms with E-state index in [4.69, 9.17) is 0 Å².